The molecule has 1 aliphatic heterocycles. The molecule has 170 valence electrons. The van der Waals surface area contributed by atoms with Gasteiger partial charge in [-0.2, -0.15) is 0 Å². The van der Waals surface area contributed by atoms with Gasteiger partial charge in [0.2, 0.25) is 9.84 Å². The summed E-state index contributed by atoms with van der Waals surface area (Å²) in [7, 11) is -3.70. The fraction of sp³-hybridized carbons (Fsp3) is 0.200. The van der Waals surface area contributed by atoms with Crippen LogP contribution in [0.5, 0.6) is 0 Å². The summed E-state index contributed by atoms with van der Waals surface area (Å²) in [5.74, 6) is -1.06. The number of nitrogens with zero attached hydrogens (tertiary/aromatic N) is 2. The summed E-state index contributed by atoms with van der Waals surface area (Å²) in [5, 5.41) is 9.94. The van der Waals surface area contributed by atoms with E-state index in [2.05, 4.69) is 4.99 Å². The zero-order chi connectivity index (χ0) is 23.6. The number of carboxylic acids is 1. The molecule has 0 fully saturated rings. The van der Waals surface area contributed by atoms with Gasteiger partial charge in [0.1, 0.15) is 11.7 Å². The van der Waals surface area contributed by atoms with E-state index in [1.807, 2.05) is 25.1 Å². The molecular formula is C25H23ClN2O4S. The summed E-state index contributed by atoms with van der Waals surface area (Å²) < 4.78 is 28.4. The minimum Gasteiger partial charge on any atom is -0.480 e. The third kappa shape index (κ3) is 4.79. The molecule has 1 aliphatic rings. The first-order valence-electron chi connectivity index (χ1n) is 10.4. The normalized spacial score (nSPS) is 15.9. The molecule has 0 aliphatic carbocycles. The number of sulfone groups is 1. The molecule has 3 aromatic rings. The minimum atomic E-state index is -3.70. The Morgan fingerprint density at radius 1 is 1.12 bits per heavy atom. The number of halogens is 1. The third-order valence-corrected chi connectivity index (χ3v) is 7.92. The highest BCUT2D eigenvalue weighted by atomic mass is 35.5. The predicted molar refractivity (Wildman–Crippen MR) is 128 cm³/mol. The molecule has 1 atom stereocenters. The van der Waals surface area contributed by atoms with Gasteiger partial charge >= 0.3 is 5.97 Å². The van der Waals surface area contributed by atoms with Crippen molar-refractivity contribution >= 4 is 32.6 Å². The van der Waals surface area contributed by atoms with Crippen LogP contribution in [0.2, 0.25) is 0 Å². The summed E-state index contributed by atoms with van der Waals surface area (Å²) in [6.07, 6.45) is 4.37. The van der Waals surface area contributed by atoms with Crippen molar-refractivity contribution in [2.75, 3.05) is 0 Å². The number of carbonyl (C=O) groups is 1. The van der Waals surface area contributed by atoms with Crippen molar-refractivity contribution < 1.29 is 18.3 Å². The molecule has 1 N–H and O–H groups in total. The molecule has 1 unspecified atom stereocenters. The molecule has 6 nitrogen and oxygen atoms in total. The zero-order valence-corrected chi connectivity index (χ0v) is 19.6. The lowest BCUT2D eigenvalue weighted by Crippen LogP contribution is -2.16. The van der Waals surface area contributed by atoms with E-state index in [9.17, 15) is 18.3 Å². The van der Waals surface area contributed by atoms with Crippen LogP contribution < -0.4 is 0 Å². The van der Waals surface area contributed by atoms with E-state index in [4.69, 9.17) is 11.6 Å². The van der Waals surface area contributed by atoms with Gasteiger partial charge in [-0.1, -0.05) is 54.1 Å². The Balaban J connectivity index is 1.76. The van der Waals surface area contributed by atoms with Crippen molar-refractivity contribution in [3.05, 3.63) is 95.5 Å². The Morgan fingerprint density at radius 2 is 1.82 bits per heavy atom. The molecule has 4 rings (SSSR count). The van der Waals surface area contributed by atoms with Crippen LogP contribution in [0.4, 0.5) is 0 Å². The first-order chi connectivity index (χ1) is 15.8. The molecular weight excluding hydrogens is 460 g/mol. The highest BCUT2D eigenvalue weighted by Gasteiger charge is 2.25. The summed E-state index contributed by atoms with van der Waals surface area (Å²) in [4.78, 5) is 16.1. The van der Waals surface area contributed by atoms with Gasteiger partial charge in [0.25, 0.3) is 0 Å². The molecule has 2 heterocycles. The molecule has 0 saturated carbocycles. The predicted octanol–water partition coefficient (Wildman–Crippen LogP) is 4.94. The van der Waals surface area contributed by atoms with Crippen molar-refractivity contribution in [2.24, 2.45) is 4.99 Å². The van der Waals surface area contributed by atoms with Crippen LogP contribution in [-0.4, -0.2) is 29.2 Å². The van der Waals surface area contributed by atoms with Gasteiger partial charge in [0.15, 0.2) is 0 Å². The molecule has 0 saturated heterocycles. The van der Waals surface area contributed by atoms with Crippen molar-refractivity contribution in [2.45, 2.75) is 42.0 Å². The summed E-state index contributed by atoms with van der Waals surface area (Å²) in [6.45, 7) is 1.67. The Labute approximate surface area is 197 Å². The number of aliphatic imine (C=N–C) groups is 1. The Morgan fingerprint density at radius 3 is 2.52 bits per heavy atom. The second-order valence-corrected chi connectivity index (χ2v) is 10.3. The molecule has 8 heteroatoms. The van der Waals surface area contributed by atoms with Gasteiger partial charge < -0.3 is 9.67 Å². The van der Waals surface area contributed by atoms with Crippen molar-refractivity contribution in [3.63, 3.8) is 0 Å². The maximum Gasteiger partial charge on any atom is 0.323 e. The van der Waals surface area contributed by atoms with E-state index in [0.717, 1.165) is 17.0 Å². The van der Waals surface area contributed by atoms with Gasteiger partial charge in [-0.25, -0.2) is 13.4 Å². The fourth-order valence-electron chi connectivity index (χ4n) is 4.14. The number of hydrogen-bond acceptors (Lipinski definition) is 4. The van der Waals surface area contributed by atoms with Crippen LogP contribution >= 0.6 is 11.6 Å². The quantitative estimate of drug-likeness (QED) is 0.516. The van der Waals surface area contributed by atoms with Gasteiger partial charge in [0, 0.05) is 36.3 Å². The lowest BCUT2D eigenvalue weighted by Gasteiger charge is -2.17. The largest absolute Gasteiger partial charge is 0.480 e. The van der Waals surface area contributed by atoms with Crippen molar-refractivity contribution in [3.8, 4) is 0 Å². The molecule has 0 bridgehead atoms. The van der Waals surface area contributed by atoms with Crippen molar-refractivity contribution in [1.82, 2.24) is 4.57 Å². The molecule has 0 radical (unpaired) electrons. The average molecular weight is 483 g/mol. The number of allylic oxidation sites excluding steroid dienone is 1. The fourth-order valence-corrected chi connectivity index (χ4v) is 5.87. The maximum atomic E-state index is 13.3. The lowest BCUT2D eigenvalue weighted by molar-refractivity contribution is -0.137. The van der Waals surface area contributed by atoms with E-state index in [1.54, 1.807) is 59.3 Å². The average Bonchev–Trinajstić information content (AvgIpc) is 3.09. The van der Waals surface area contributed by atoms with Crippen LogP contribution in [0.15, 0.2) is 87.7 Å². The van der Waals surface area contributed by atoms with E-state index >= 15 is 0 Å². The summed E-state index contributed by atoms with van der Waals surface area (Å²) in [6, 6.07) is 17.2. The standard InChI is InChI=1S/C25H23ClN2O4S/c1-17-20(14-22(28(17)16-25(29)30)18-11-12-27-24(26)15-18)13-19-7-5-6-10-23(19)33(31,32)21-8-3-2-4-9-21/h2-12,14,18H,13,15-16H2,1H3,(H,29,30). The van der Waals surface area contributed by atoms with E-state index in [0.29, 0.717) is 23.6 Å². The number of benzene rings is 2. The van der Waals surface area contributed by atoms with E-state index < -0.39 is 15.8 Å². The van der Waals surface area contributed by atoms with Crippen LogP contribution in [0.25, 0.3) is 0 Å². The smallest absolute Gasteiger partial charge is 0.323 e. The molecule has 0 amide bonds. The monoisotopic (exact) mass is 482 g/mol. The topological polar surface area (TPSA) is 88.7 Å². The first kappa shape index (κ1) is 23.0. The zero-order valence-electron chi connectivity index (χ0n) is 18.0. The molecule has 33 heavy (non-hydrogen) atoms. The Kier molecular flexibility index (Phi) is 6.54. The van der Waals surface area contributed by atoms with Gasteiger partial charge in [-0.05, 0) is 42.3 Å². The number of hydrogen-bond donors (Lipinski definition) is 1. The van der Waals surface area contributed by atoms with Crippen LogP contribution in [0, 0.1) is 6.92 Å². The van der Waals surface area contributed by atoms with Gasteiger partial charge in [0.05, 0.1) is 9.79 Å². The second-order valence-electron chi connectivity index (χ2n) is 7.92. The number of aromatic nitrogens is 1. The summed E-state index contributed by atoms with van der Waals surface area (Å²) in [5.41, 5.74) is 3.13. The van der Waals surface area contributed by atoms with E-state index in [1.165, 1.54) is 0 Å². The number of carboxylic acid groups (broad SMARTS) is 1. The van der Waals surface area contributed by atoms with Crippen molar-refractivity contribution in [1.29, 1.82) is 0 Å². The first-order valence-corrected chi connectivity index (χ1v) is 12.3. The van der Waals surface area contributed by atoms with Gasteiger partial charge in [-0.3, -0.25) is 4.79 Å². The van der Waals surface area contributed by atoms with Crippen LogP contribution in [0.1, 0.15) is 34.9 Å². The molecule has 1 aromatic heterocycles. The SMILES string of the molecule is Cc1c(Cc2ccccc2S(=O)(=O)c2ccccc2)cc(C2C=CN=C(Cl)C2)n1CC(=O)O. The highest BCUT2D eigenvalue weighted by molar-refractivity contribution is 7.91. The lowest BCUT2D eigenvalue weighted by atomic mass is 9.99. The maximum absolute atomic E-state index is 13.3. The van der Waals surface area contributed by atoms with Crippen LogP contribution in [-0.2, 0) is 27.6 Å². The number of aliphatic carboxylic acids is 1. The minimum absolute atomic E-state index is 0.106. The van der Waals surface area contributed by atoms with Gasteiger partial charge in [-0.15, -0.1) is 0 Å². The molecule has 0 spiro atoms. The second kappa shape index (κ2) is 9.37. The molecule has 2 aromatic carbocycles. The van der Waals surface area contributed by atoms with E-state index in [-0.39, 0.29) is 22.3 Å². The van der Waals surface area contributed by atoms with Crippen LogP contribution in [0.3, 0.4) is 0 Å². The Hall–Kier alpha value is -3.16. The summed E-state index contributed by atoms with van der Waals surface area (Å²) >= 11 is 6.13. The Bertz CT molecular complexity index is 1360. The third-order valence-electron chi connectivity index (χ3n) is 5.79. The highest BCUT2D eigenvalue weighted by Crippen LogP contribution is 2.32. The number of rotatable bonds is 7.